The lowest BCUT2D eigenvalue weighted by atomic mass is 10.3. The second-order valence-electron chi connectivity index (χ2n) is 5.39. The van der Waals surface area contributed by atoms with E-state index < -0.39 is 10.0 Å². The van der Waals surface area contributed by atoms with E-state index in [-0.39, 0.29) is 0 Å². The van der Waals surface area contributed by atoms with E-state index in [9.17, 15) is 8.42 Å². The Morgan fingerprint density at radius 2 is 2.05 bits per heavy atom. The number of hydrogen-bond donors (Lipinski definition) is 1. The fraction of sp³-hybridized carbons (Fsp3) is 0.714. The van der Waals surface area contributed by atoms with Gasteiger partial charge in [0.2, 0.25) is 0 Å². The molecular weight excluding hydrogens is 306 g/mol. The average Bonchev–Trinajstić information content (AvgIpc) is 2.81. The third-order valence-corrected chi connectivity index (χ3v) is 7.22. The highest BCUT2D eigenvalue weighted by Crippen LogP contribution is 2.25. The number of rotatable bonds is 6. The van der Waals surface area contributed by atoms with Gasteiger partial charge in [0.15, 0.2) is 0 Å². The maximum Gasteiger partial charge on any atom is 0.252 e. The molecule has 21 heavy (non-hydrogen) atoms. The highest BCUT2D eigenvalue weighted by molar-refractivity contribution is 7.91. The number of likely N-dealkylation sites (N-methyl/N-ethyl adjacent to an activating group) is 2. The Labute approximate surface area is 132 Å². The van der Waals surface area contributed by atoms with Gasteiger partial charge in [-0.05, 0) is 51.7 Å². The summed E-state index contributed by atoms with van der Waals surface area (Å²) in [4.78, 5) is 3.31. The summed E-state index contributed by atoms with van der Waals surface area (Å²) in [7, 11) is -1.27. The molecule has 0 aliphatic carbocycles. The van der Waals surface area contributed by atoms with E-state index in [4.69, 9.17) is 0 Å². The number of sulfonamides is 1. The van der Waals surface area contributed by atoms with Gasteiger partial charge in [-0.25, -0.2) is 8.42 Å². The van der Waals surface area contributed by atoms with Crippen molar-refractivity contribution in [1.29, 1.82) is 0 Å². The van der Waals surface area contributed by atoms with Crippen molar-refractivity contribution in [2.45, 2.75) is 24.0 Å². The van der Waals surface area contributed by atoms with Crippen LogP contribution >= 0.6 is 11.3 Å². The Balaban J connectivity index is 2.05. The summed E-state index contributed by atoms with van der Waals surface area (Å²) >= 11 is 1.41. The molecule has 0 bridgehead atoms. The van der Waals surface area contributed by atoms with Gasteiger partial charge in [-0.2, -0.15) is 4.31 Å². The number of thiophene rings is 1. The van der Waals surface area contributed by atoms with Crippen molar-refractivity contribution < 1.29 is 8.42 Å². The van der Waals surface area contributed by atoms with Gasteiger partial charge in [-0.1, -0.05) is 6.92 Å². The Morgan fingerprint density at radius 1 is 1.24 bits per heavy atom. The minimum Gasteiger partial charge on any atom is -0.317 e. The molecule has 7 heteroatoms. The molecule has 0 spiro atoms. The molecule has 1 aliphatic heterocycles. The van der Waals surface area contributed by atoms with Crippen LogP contribution in [0.15, 0.2) is 16.3 Å². The highest BCUT2D eigenvalue weighted by Gasteiger charge is 2.27. The van der Waals surface area contributed by atoms with Crippen molar-refractivity contribution in [3.05, 3.63) is 17.0 Å². The molecule has 120 valence electrons. The SMILES string of the molecule is CCNCCc1ccc(S(=O)(=O)N2CCCN(C)CC2)s1. The van der Waals surface area contributed by atoms with Gasteiger partial charge in [-0.3, -0.25) is 0 Å². The topological polar surface area (TPSA) is 52.7 Å². The zero-order valence-corrected chi connectivity index (χ0v) is 14.5. The predicted molar refractivity (Wildman–Crippen MR) is 87.4 cm³/mol. The quantitative estimate of drug-likeness (QED) is 0.797. The molecule has 1 saturated heterocycles. The smallest absolute Gasteiger partial charge is 0.252 e. The zero-order chi connectivity index (χ0) is 15.3. The first-order valence-electron chi connectivity index (χ1n) is 7.52. The van der Waals surface area contributed by atoms with Gasteiger partial charge in [-0.15, -0.1) is 11.3 Å². The largest absolute Gasteiger partial charge is 0.317 e. The van der Waals surface area contributed by atoms with E-state index in [0.29, 0.717) is 17.3 Å². The molecule has 1 aromatic heterocycles. The third-order valence-electron chi connectivity index (χ3n) is 3.71. The van der Waals surface area contributed by atoms with Crippen molar-refractivity contribution in [3.8, 4) is 0 Å². The van der Waals surface area contributed by atoms with Gasteiger partial charge in [0.05, 0.1) is 0 Å². The minimum absolute atomic E-state index is 0.485. The lowest BCUT2D eigenvalue weighted by Crippen LogP contribution is -2.34. The van der Waals surface area contributed by atoms with Crippen molar-refractivity contribution >= 4 is 21.4 Å². The fourth-order valence-electron chi connectivity index (χ4n) is 2.41. The average molecular weight is 332 g/mol. The predicted octanol–water partition coefficient (Wildman–Crippen LogP) is 1.23. The van der Waals surface area contributed by atoms with E-state index in [1.807, 2.05) is 13.1 Å². The summed E-state index contributed by atoms with van der Waals surface area (Å²) in [6, 6.07) is 3.70. The normalized spacial score (nSPS) is 18.8. The van der Waals surface area contributed by atoms with Crippen LogP contribution < -0.4 is 5.32 Å². The second kappa shape index (κ2) is 7.69. The van der Waals surface area contributed by atoms with E-state index in [0.717, 1.165) is 43.9 Å². The van der Waals surface area contributed by atoms with Crippen LogP contribution in [-0.2, 0) is 16.4 Å². The molecular formula is C14H25N3O2S2. The van der Waals surface area contributed by atoms with Crippen molar-refractivity contribution in [2.24, 2.45) is 0 Å². The van der Waals surface area contributed by atoms with E-state index in [1.165, 1.54) is 11.3 Å². The maximum absolute atomic E-state index is 12.7. The summed E-state index contributed by atoms with van der Waals surface area (Å²) in [5.74, 6) is 0. The fourth-order valence-corrected chi connectivity index (χ4v) is 5.39. The van der Waals surface area contributed by atoms with E-state index in [2.05, 4.69) is 17.1 Å². The van der Waals surface area contributed by atoms with Crippen LogP contribution in [0, 0.1) is 0 Å². The molecule has 0 amide bonds. The Hall–Kier alpha value is -0.470. The van der Waals surface area contributed by atoms with E-state index >= 15 is 0 Å². The Morgan fingerprint density at radius 3 is 2.81 bits per heavy atom. The highest BCUT2D eigenvalue weighted by atomic mass is 32.2. The molecule has 1 aromatic rings. The number of nitrogens with one attached hydrogen (secondary N) is 1. The molecule has 1 N–H and O–H groups in total. The monoisotopic (exact) mass is 331 g/mol. The van der Waals surface area contributed by atoms with Gasteiger partial charge < -0.3 is 10.2 Å². The molecule has 2 rings (SSSR count). The van der Waals surface area contributed by atoms with Crippen molar-refractivity contribution in [2.75, 3.05) is 46.3 Å². The van der Waals surface area contributed by atoms with Crippen LogP contribution in [-0.4, -0.2) is 63.9 Å². The zero-order valence-electron chi connectivity index (χ0n) is 12.8. The molecule has 2 heterocycles. The lowest BCUT2D eigenvalue weighted by molar-refractivity contribution is 0.347. The molecule has 0 atom stereocenters. The third kappa shape index (κ3) is 4.50. The first-order valence-corrected chi connectivity index (χ1v) is 9.78. The number of hydrogen-bond acceptors (Lipinski definition) is 5. The number of nitrogens with zero attached hydrogens (tertiary/aromatic N) is 2. The molecule has 1 aliphatic rings. The first kappa shape index (κ1) is 16.9. The van der Waals surface area contributed by atoms with Crippen LogP contribution in [0.2, 0.25) is 0 Å². The van der Waals surface area contributed by atoms with Crippen LogP contribution in [0.5, 0.6) is 0 Å². The van der Waals surface area contributed by atoms with Crippen LogP contribution in [0.4, 0.5) is 0 Å². The van der Waals surface area contributed by atoms with Crippen molar-refractivity contribution in [3.63, 3.8) is 0 Å². The van der Waals surface area contributed by atoms with E-state index in [1.54, 1.807) is 10.4 Å². The summed E-state index contributed by atoms with van der Waals surface area (Å²) in [5, 5.41) is 3.26. The molecule has 5 nitrogen and oxygen atoms in total. The maximum atomic E-state index is 12.7. The van der Waals surface area contributed by atoms with Gasteiger partial charge in [0.1, 0.15) is 4.21 Å². The Bertz CT molecular complexity index is 542. The van der Waals surface area contributed by atoms with Crippen LogP contribution in [0.3, 0.4) is 0 Å². The van der Waals surface area contributed by atoms with Gasteiger partial charge in [0.25, 0.3) is 10.0 Å². The second-order valence-corrected chi connectivity index (χ2v) is 8.72. The van der Waals surface area contributed by atoms with Gasteiger partial charge in [0, 0.05) is 24.5 Å². The first-order chi connectivity index (χ1) is 10.0. The molecule has 0 saturated carbocycles. The molecule has 0 unspecified atom stereocenters. The van der Waals surface area contributed by atoms with Crippen LogP contribution in [0.25, 0.3) is 0 Å². The minimum atomic E-state index is -3.31. The molecule has 1 fully saturated rings. The lowest BCUT2D eigenvalue weighted by Gasteiger charge is -2.19. The van der Waals surface area contributed by atoms with Crippen molar-refractivity contribution in [1.82, 2.24) is 14.5 Å². The molecule has 0 aromatic carbocycles. The van der Waals surface area contributed by atoms with Crippen LogP contribution in [0.1, 0.15) is 18.2 Å². The standard InChI is InChI=1S/C14H25N3O2S2/c1-3-15-8-7-13-5-6-14(20-13)21(18,19)17-10-4-9-16(2)11-12-17/h5-6,15H,3-4,7-12H2,1-2H3. The Kier molecular flexibility index (Phi) is 6.19. The summed E-state index contributed by atoms with van der Waals surface area (Å²) in [6.45, 7) is 6.88. The van der Waals surface area contributed by atoms with Gasteiger partial charge >= 0.3 is 0 Å². The summed E-state index contributed by atoms with van der Waals surface area (Å²) < 4.78 is 27.5. The summed E-state index contributed by atoms with van der Waals surface area (Å²) in [5.41, 5.74) is 0. The summed E-state index contributed by atoms with van der Waals surface area (Å²) in [6.07, 6.45) is 1.78. The molecule has 0 radical (unpaired) electrons.